The second-order valence-electron chi connectivity index (χ2n) is 5.95. The maximum absolute atomic E-state index is 12.4. The second-order valence-corrected chi connectivity index (χ2v) is 6.98. The predicted molar refractivity (Wildman–Crippen MR) is 99.9 cm³/mol. The summed E-state index contributed by atoms with van der Waals surface area (Å²) in [5.41, 5.74) is 0.500. The van der Waals surface area contributed by atoms with Crippen molar-refractivity contribution in [3.05, 3.63) is 52.2 Å². The molecule has 1 aromatic carbocycles. The van der Waals surface area contributed by atoms with Crippen LogP contribution in [0.2, 0.25) is 0 Å². The molecule has 2 amide bonds. The minimum atomic E-state index is -0.584. The molecule has 5 nitrogen and oxygen atoms in total. The van der Waals surface area contributed by atoms with Gasteiger partial charge in [0, 0.05) is 10.4 Å². The summed E-state index contributed by atoms with van der Waals surface area (Å²) >= 11 is 1.59. The first kappa shape index (κ1) is 19.0. The first-order chi connectivity index (χ1) is 12.0. The van der Waals surface area contributed by atoms with Crippen molar-refractivity contribution in [2.75, 3.05) is 6.61 Å². The molecule has 134 valence electrons. The minimum Gasteiger partial charge on any atom is -0.494 e. The molecule has 2 N–H and O–H groups in total. The number of ether oxygens (including phenoxy) is 1. The Morgan fingerprint density at radius 1 is 1.16 bits per heavy atom. The van der Waals surface area contributed by atoms with Crippen molar-refractivity contribution in [3.8, 4) is 5.75 Å². The van der Waals surface area contributed by atoms with Crippen LogP contribution in [0.4, 0.5) is 0 Å². The highest BCUT2D eigenvalue weighted by Crippen LogP contribution is 2.13. The monoisotopic (exact) mass is 360 g/mol. The summed E-state index contributed by atoms with van der Waals surface area (Å²) in [6, 6.07) is 10.2. The number of thiophene rings is 1. The maximum Gasteiger partial charge on any atom is 0.251 e. The number of amides is 2. The number of nitrogens with one attached hydrogen (secondary N) is 2. The van der Waals surface area contributed by atoms with Crippen molar-refractivity contribution in [2.45, 2.75) is 33.4 Å². The van der Waals surface area contributed by atoms with Gasteiger partial charge in [-0.3, -0.25) is 9.59 Å². The Kier molecular flexibility index (Phi) is 7.01. The Labute approximate surface area is 152 Å². The predicted octanol–water partition coefficient (Wildman–Crippen LogP) is 3.22. The van der Waals surface area contributed by atoms with Crippen LogP contribution in [-0.4, -0.2) is 24.5 Å². The van der Waals surface area contributed by atoms with Crippen LogP contribution >= 0.6 is 11.3 Å². The van der Waals surface area contributed by atoms with Crippen molar-refractivity contribution < 1.29 is 14.3 Å². The van der Waals surface area contributed by atoms with E-state index in [1.807, 2.05) is 38.3 Å². The fourth-order valence-corrected chi connectivity index (χ4v) is 2.97. The van der Waals surface area contributed by atoms with Gasteiger partial charge in [-0.05, 0) is 48.6 Å². The van der Waals surface area contributed by atoms with E-state index in [0.29, 0.717) is 24.5 Å². The van der Waals surface area contributed by atoms with E-state index >= 15 is 0 Å². The lowest BCUT2D eigenvalue weighted by Crippen LogP contribution is -2.49. The summed E-state index contributed by atoms with van der Waals surface area (Å²) in [6.07, 6.45) is 0. The molecule has 0 aliphatic heterocycles. The third-order valence-corrected chi connectivity index (χ3v) is 4.56. The molecule has 0 aliphatic rings. The van der Waals surface area contributed by atoms with Gasteiger partial charge in [0.2, 0.25) is 5.91 Å². The second kappa shape index (κ2) is 9.22. The summed E-state index contributed by atoms with van der Waals surface area (Å²) in [6.45, 7) is 6.77. The number of carbonyl (C=O) groups excluding carboxylic acids is 2. The molecule has 0 bridgehead atoms. The quantitative estimate of drug-likeness (QED) is 0.759. The van der Waals surface area contributed by atoms with E-state index in [9.17, 15) is 9.59 Å². The Balaban J connectivity index is 1.97. The highest BCUT2D eigenvalue weighted by Gasteiger charge is 2.24. The van der Waals surface area contributed by atoms with E-state index in [1.165, 1.54) is 0 Å². The van der Waals surface area contributed by atoms with E-state index in [4.69, 9.17) is 4.74 Å². The highest BCUT2D eigenvalue weighted by molar-refractivity contribution is 7.09. The van der Waals surface area contributed by atoms with Gasteiger partial charge in [-0.15, -0.1) is 11.3 Å². The van der Waals surface area contributed by atoms with E-state index in [0.717, 1.165) is 4.88 Å². The van der Waals surface area contributed by atoms with E-state index < -0.39 is 6.04 Å². The summed E-state index contributed by atoms with van der Waals surface area (Å²) in [7, 11) is 0. The molecule has 0 spiro atoms. The molecule has 6 heteroatoms. The largest absolute Gasteiger partial charge is 0.494 e. The lowest BCUT2D eigenvalue weighted by atomic mass is 10.0. The third kappa shape index (κ3) is 5.60. The van der Waals surface area contributed by atoms with Crippen molar-refractivity contribution in [1.82, 2.24) is 10.6 Å². The van der Waals surface area contributed by atoms with Crippen LogP contribution in [0.1, 0.15) is 36.0 Å². The number of hydrogen-bond acceptors (Lipinski definition) is 4. The van der Waals surface area contributed by atoms with E-state index in [-0.39, 0.29) is 17.7 Å². The van der Waals surface area contributed by atoms with Crippen molar-refractivity contribution in [2.24, 2.45) is 5.92 Å². The molecule has 0 saturated heterocycles. The van der Waals surface area contributed by atoms with Crippen molar-refractivity contribution in [1.29, 1.82) is 0 Å². The van der Waals surface area contributed by atoms with Crippen LogP contribution in [0.15, 0.2) is 41.8 Å². The lowest BCUT2D eigenvalue weighted by molar-refractivity contribution is -0.124. The summed E-state index contributed by atoms with van der Waals surface area (Å²) in [4.78, 5) is 26.0. The molecule has 0 saturated carbocycles. The fraction of sp³-hybridized carbons (Fsp3) is 0.368. The van der Waals surface area contributed by atoms with Gasteiger partial charge in [-0.2, -0.15) is 0 Å². The van der Waals surface area contributed by atoms with Crippen molar-refractivity contribution in [3.63, 3.8) is 0 Å². The molecule has 2 aromatic rings. The SMILES string of the molecule is CCOc1ccc(C(=O)NC(C(=O)NCc2cccs2)C(C)C)cc1. The summed E-state index contributed by atoms with van der Waals surface area (Å²) in [5, 5.41) is 7.68. The van der Waals surface area contributed by atoms with Gasteiger partial charge in [-0.1, -0.05) is 19.9 Å². The zero-order valence-corrected chi connectivity index (χ0v) is 15.6. The van der Waals surface area contributed by atoms with Gasteiger partial charge < -0.3 is 15.4 Å². The summed E-state index contributed by atoms with van der Waals surface area (Å²) < 4.78 is 5.37. The molecular weight excluding hydrogens is 336 g/mol. The molecular formula is C19H24N2O3S. The average molecular weight is 360 g/mol. The standard InChI is InChI=1S/C19H24N2O3S/c1-4-24-15-9-7-14(8-10-15)18(22)21-17(13(2)3)19(23)20-12-16-6-5-11-25-16/h5-11,13,17H,4,12H2,1-3H3,(H,20,23)(H,21,22). The topological polar surface area (TPSA) is 67.4 Å². The molecule has 0 aliphatic carbocycles. The first-order valence-corrected chi connectivity index (χ1v) is 9.23. The molecule has 1 atom stereocenters. The zero-order valence-electron chi connectivity index (χ0n) is 14.7. The van der Waals surface area contributed by atoms with Crippen LogP contribution in [0.5, 0.6) is 5.75 Å². The van der Waals surface area contributed by atoms with Gasteiger partial charge in [0.1, 0.15) is 11.8 Å². The van der Waals surface area contributed by atoms with Crippen LogP contribution in [0, 0.1) is 5.92 Å². The number of rotatable bonds is 8. The van der Waals surface area contributed by atoms with E-state index in [2.05, 4.69) is 10.6 Å². The zero-order chi connectivity index (χ0) is 18.2. The number of benzene rings is 1. The average Bonchev–Trinajstić information content (AvgIpc) is 3.11. The van der Waals surface area contributed by atoms with Gasteiger partial charge in [0.15, 0.2) is 0 Å². The Morgan fingerprint density at radius 3 is 2.44 bits per heavy atom. The minimum absolute atomic E-state index is 0.0185. The smallest absolute Gasteiger partial charge is 0.251 e. The van der Waals surface area contributed by atoms with Crippen molar-refractivity contribution >= 4 is 23.2 Å². The first-order valence-electron chi connectivity index (χ1n) is 8.35. The van der Waals surface area contributed by atoms with Crippen LogP contribution in [-0.2, 0) is 11.3 Å². The van der Waals surface area contributed by atoms with Crippen LogP contribution in [0.3, 0.4) is 0 Å². The van der Waals surface area contributed by atoms with Gasteiger partial charge in [-0.25, -0.2) is 0 Å². The third-order valence-electron chi connectivity index (χ3n) is 3.68. The Bertz CT molecular complexity index is 681. The van der Waals surface area contributed by atoms with Crippen LogP contribution < -0.4 is 15.4 Å². The molecule has 2 rings (SSSR count). The molecule has 1 heterocycles. The van der Waals surface area contributed by atoms with Gasteiger partial charge in [0.05, 0.1) is 13.2 Å². The van der Waals surface area contributed by atoms with Crippen LogP contribution in [0.25, 0.3) is 0 Å². The molecule has 1 unspecified atom stereocenters. The van der Waals surface area contributed by atoms with Gasteiger partial charge in [0.25, 0.3) is 5.91 Å². The molecule has 0 radical (unpaired) electrons. The normalized spacial score (nSPS) is 11.8. The Hall–Kier alpha value is -2.34. The van der Waals surface area contributed by atoms with Gasteiger partial charge >= 0.3 is 0 Å². The maximum atomic E-state index is 12.4. The lowest BCUT2D eigenvalue weighted by Gasteiger charge is -2.21. The molecule has 25 heavy (non-hydrogen) atoms. The number of hydrogen-bond donors (Lipinski definition) is 2. The Morgan fingerprint density at radius 2 is 1.88 bits per heavy atom. The summed E-state index contributed by atoms with van der Waals surface area (Å²) in [5.74, 6) is 0.249. The van der Waals surface area contributed by atoms with E-state index in [1.54, 1.807) is 35.6 Å². The fourth-order valence-electron chi connectivity index (χ4n) is 2.33. The number of carbonyl (C=O) groups is 2. The molecule has 0 fully saturated rings. The highest BCUT2D eigenvalue weighted by atomic mass is 32.1. The molecule has 1 aromatic heterocycles.